The number of aromatic nitrogens is 2. The second-order valence-electron chi connectivity index (χ2n) is 4.23. The first kappa shape index (κ1) is 13.3. The van der Waals surface area contributed by atoms with Crippen molar-refractivity contribution in [2.45, 2.75) is 24.7 Å². The van der Waals surface area contributed by atoms with Gasteiger partial charge in [-0.2, -0.15) is 4.39 Å². The second kappa shape index (κ2) is 4.83. The quantitative estimate of drug-likeness (QED) is 0.760. The van der Waals surface area contributed by atoms with Gasteiger partial charge in [-0.3, -0.25) is 14.3 Å². The number of aliphatic hydroxyl groups is 1. The number of nitrogens with one attached hydrogen (secondary N) is 1. The average Bonchev–Trinajstić information content (AvgIpc) is 2.79. The van der Waals surface area contributed by atoms with Crippen LogP contribution in [-0.2, 0) is 4.74 Å². The van der Waals surface area contributed by atoms with E-state index in [-0.39, 0.29) is 12.5 Å². The molecular formula is C10H12ClFN2O4. The highest BCUT2D eigenvalue weighted by atomic mass is 35.5. The SMILES string of the molecule is O=c1[nH]c(=O)n(C2CC[C@](CO)(CCl)O2)cc1F. The fourth-order valence-corrected chi connectivity index (χ4v) is 2.20. The van der Waals surface area contributed by atoms with Gasteiger partial charge in [0.05, 0.1) is 18.7 Å². The molecule has 1 aliphatic rings. The van der Waals surface area contributed by atoms with E-state index in [2.05, 4.69) is 0 Å². The highest BCUT2D eigenvalue weighted by molar-refractivity contribution is 6.18. The Morgan fingerprint density at radius 3 is 2.94 bits per heavy atom. The minimum atomic E-state index is -1.07. The number of nitrogens with zero attached hydrogens (tertiary/aromatic N) is 1. The van der Waals surface area contributed by atoms with Gasteiger partial charge in [-0.05, 0) is 12.8 Å². The molecule has 1 fully saturated rings. The predicted octanol–water partition coefficient (Wildman–Crippen LogP) is -0.0454. The molecule has 18 heavy (non-hydrogen) atoms. The van der Waals surface area contributed by atoms with Crippen LogP contribution in [0.4, 0.5) is 4.39 Å². The topological polar surface area (TPSA) is 84.3 Å². The molecule has 1 aromatic heterocycles. The molecule has 2 rings (SSSR count). The summed E-state index contributed by atoms with van der Waals surface area (Å²) in [4.78, 5) is 24.3. The molecular weight excluding hydrogens is 267 g/mol. The van der Waals surface area contributed by atoms with Crippen molar-refractivity contribution >= 4 is 11.6 Å². The number of hydrogen-bond acceptors (Lipinski definition) is 4. The summed E-state index contributed by atoms with van der Waals surface area (Å²) in [6.07, 6.45) is 0.909. The van der Waals surface area contributed by atoms with Gasteiger partial charge in [0, 0.05) is 0 Å². The molecule has 0 radical (unpaired) electrons. The van der Waals surface area contributed by atoms with Gasteiger partial charge in [-0.1, -0.05) is 0 Å². The zero-order valence-electron chi connectivity index (χ0n) is 9.36. The summed E-state index contributed by atoms with van der Waals surface area (Å²) in [5.74, 6) is -0.994. The van der Waals surface area contributed by atoms with Crippen molar-refractivity contribution in [2.24, 2.45) is 0 Å². The van der Waals surface area contributed by atoms with E-state index < -0.39 is 28.9 Å². The van der Waals surface area contributed by atoms with Crippen LogP contribution in [0.25, 0.3) is 0 Å². The van der Waals surface area contributed by atoms with Gasteiger partial charge in [-0.15, -0.1) is 11.6 Å². The number of rotatable bonds is 3. The third-order valence-electron chi connectivity index (χ3n) is 3.00. The summed E-state index contributed by atoms with van der Waals surface area (Å²) in [7, 11) is 0. The fourth-order valence-electron chi connectivity index (χ4n) is 1.92. The van der Waals surface area contributed by atoms with Gasteiger partial charge in [0.25, 0.3) is 5.56 Å². The lowest BCUT2D eigenvalue weighted by atomic mass is 10.0. The number of ether oxygens (including phenoxy) is 1. The summed E-state index contributed by atoms with van der Waals surface area (Å²) < 4.78 is 19.6. The van der Waals surface area contributed by atoms with E-state index in [4.69, 9.17) is 16.3 Å². The van der Waals surface area contributed by atoms with Crippen LogP contribution in [0.2, 0.25) is 0 Å². The Hall–Kier alpha value is -1.18. The number of aliphatic hydroxyl groups excluding tert-OH is 1. The monoisotopic (exact) mass is 278 g/mol. The largest absolute Gasteiger partial charge is 0.393 e. The van der Waals surface area contributed by atoms with E-state index in [1.54, 1.807) is 0 Å². The third kappa shape index (κ3) is 2.21. The Kier molecular flexibility index (Phi) is 3.56. The van der Waals surface area contributed by atoms with Crippen molar-refractivity contribution in [3.8, 4) is 0 Å². The zero-order chi connectivity index (χ0) is 13.3. The molecule has 1 aromatic rings. The van der Waals surface area contributed by atoms with E-state index in [0.717, 1.165) is 10.8 Å². The lowest BCUT2D eigenvalue weighted by molar-refractivity contribution is -0.0862. The average molecular weight is 279 g/mol. The maximum atomic E-state index is 13.1. The molecule has 0 amide bonds. The number of H-pyrrole nitrogens is 1. The molecule has 2 N–H and O–H groups in total. The van der Waals surface area contributed by atoms with Crippen molar-refractivity contribution in [1.82, 2.24) is 9.55 Å². The molecule has 1 unspecified atom stereocenters. The fraction of sp³-hybridized carbons (Fsp3) is 0.600. The molecule has 2 heterocycles. The van der Waals surface area contributed by atoms with Gasteiger partial charge < -0.3 is 9.84 Å². The highest BCUT2D eigenvalue weighted by Crippen LogP contribution is 2.36. The number of hydrogen-bond donors (Lipinski definition) is 2. The Labute approximate surface area is 106 Å². The Morgan fingerprint density at radius 2 is 2.39 bits per heavy atom. The lowest BCUT2D eigenvalue weighted by Gasteiger charge is -2.24. The summed E-state index contributed by atoms with van der Waals surface area (Å²) in [5, 5.41) is 9.22. The van der Waals surface area contributed by atoms with Crippen LogP contribution in [0.1, 0.15) is 19.1 Å². The molecule has 100 valence electrons. The number of alkyl halides is 1. The summed E-state index contributed by atoms with van der Waals surface area (Å²) in [6, 6.07) is 0. The smallest absolute Gasteiger partial charge is 0.330 e. The number of halogens is 2. The predicted molar refractivity (Wildman–Crippen MR) is 61.2 cm³/mol. The molecule has 1 saturated heterocycles. The van der Waals surface area contributed by atoms with Gasteiger partial charge in [-0.25, -0.2) is 4.79 Å². The molecule has 0 saturated carbocycles. The van der Waals surface area contributed by atoms with Crippen molar-refractivity contribution in [3.63, 3.8) is 0 Å². The van der Waals surface area contributed by atoms with Crippen LogP contribution >= 0.6 is 11.6 Å². The van der Waals surface area contributed by atoms with E-state index >= 15 is 0 Å². The Balaban J connectivity index is 2.33. The van der Waals surface area contributed by atoms with Crippen molar-refractivity contribution in [1.29, 1.82) is 0 Å². The Bertz CT molecular complexity index is 552. The molecule has 0 bridgehead atoms. The summed E-state index contributed by atoms with van der Waals surface area (Å²) >= 11 is 5.71. The minimum absolute atomic E-state index is 0.0700. The van der Waals surface area contributed by atoms with Crippen LogP contribution in [0.15, 0.2) is 15.8 Å². The van der Waals surface area contributed by atoms with Gasteiger partial charge >= 0.3 is 5.69 Å². The first-order valence-electron chi connectivity index (χ1n) is 5.37. The molecule has 1 aliphatic heterocycles. The molecule has 0 aromatic carbocycles. The molecule has 2 atom stereocenters. The highest BCUT2D eigenvalue weighted by Gasteiger charge is 2.40. The first-order valence-corrected chi connectivity index (χ1v) is 5.90. The van der Waals surface area contributed by atoms with E-state index in [1.807, 2.05) is 4.98 Å². The van der Waals surface area contributed by atoms with Crippen molar-refractivity contribution in [2.75, 3.05) is 12.5 Å². The maximum absolute atomic E-state index is 13.1. The third-order valence-corrected chi connectivity index (χ3v) is 3.49. The van der Waals surface area contributed by atoms with Crippen molar-refractivity contribution in [3.05, 3.63) is 32.9 Å². The zero-order valence-corrected chi connectivity index (χ0v) is 10.1. The van der Waals surface area contributed by atoms with Crippen molar-refractivity contribution < 1.29 is 14.2 Å². The Morgan fingerprint density at radius 1 is 1.67 bits per heavy atom. The maximum Gasteiger partial charge on any atom is 0.330 e. The van der Waals surface area contributed by atoms with E-state index in [1.165, 1.54) is 0 Å². The van der Waals surface area contributed by atoms with Crippen LogP contribution in [0.5, 0.6) is 0 Å². The first-order chi connectivity index (χ1) is 8.51. The standard InChI is InChI=1S/C10H12ClFN2O4/c11-4-10(5-15)2-1-7(18-10)14-3-6(12)8(16)13-9(14)17/h3,7,15H,1-2,4-5H2,(H,13,16,17)/t7?,10-/m1/s1. The van der Waals surface area contributed by atoms with Crippen LogP contribution in [0, 0.1) is 5.82 Å². The van der Waals surface area contributed by atoms with E-state index in [9.17, 15) is 19.1 Å². The van der Waals surface area contributed by atoms with Crippen LogP contribution in [-0.4, -0.2) is 32.7 Å². The summed E-state index contributed by atoms with van der Waals surface area (Å²) in [6.45, 7) is -0.284. The molecule has 0 spiro atoms. The molecule has 0 aliphatic carbocycles. The van der Waals surface area contributed by atoms with E-state index in [0.29, 0.717) is 12.8 Å². The molecule has 6 nitrogen and oxygen atoms in total. The second-order valence-corrected chi connectivity index (χ2v) is 4.50. The lowest BCUT2D eigenvalue weighted by Crippen LogP contribution is -2.38. The van der Waals surface area contributed by atoms with Gasteiger partial charge in [0.2, 0.25) is 5.82 Å². The van der Waals surface area contributed by atoms with Crippen LogP contribution < -0.4 is 11.2 Å². The molecule has 8 heteroatoms. The van der Waals surface area contributed by atoms with Gasteiger partial charge in [0.15, 0.2) is 0 Å². The summed E-state index contributed by atoms with van der Waals surface area (Å²) in [5.41, 5.74) is -2.74. The van der Waals surface area contributed by atoms with Crippen LogP contribution in [0.3, 0.4) is 0 Å². The number of aromatic amines is 1. The minimum Gasteiger partial charge on any atom is -0.393 e. The normalized spacial score (nSPS) is 27.6. The van der Waals surface area contributed by atoms with Gasteiger partial charge in [0.1, 0.15) is 11.8 Å².